The maximum Gasteiger partial charge on any atom is 0.243 e. The molecule has 0 aliphatic carbocycles. The van der Waals surface area contributed by atoms with Gasteiger partial charge in [-0.25, -0.2) is 0 Å². The van der Waals surface area contributed by atoms with Crippen molar-refractivity contribution in [3.05, 3.63) is 120 Å². The zero-order valence-corrected chi connectivity index (χ0v) is 29.7. The Labute approximate surface area is 306 Å². The van der Waals surface area contributed by atoms with Gasteiger partial charge in [-0.1, -0.05) is 109 Å². The summed E-state index contributed by atoms with van der Waals surface area (Å²) in [5.41, 5.74) is 29.0. The summed E-state index contributed by atoms with van der Waals surface area (Å²) in [6.07, 6.45) is 3.52. The van der Waals surface area contributed by atoms with Crippen molar-refractivity contribution in [2.45, 2.75) is 63.1 Å². The number of amides is 3. The summed E-state index contributed by atoms with van der Waals surface area (Å²) in [4.78, 5) is 44.7. The summed E-state index contributed by atoms with van der Waals surface area (Å²) in [5.74, 6) is -1.21. The van der Waals surface area contributed by atoms with Gasteiger partial charge in [-0.05, 0) is 78.5 Å². The first kappa shape index (κ1) is 39.3. The van der Waals surface area contributed by atoms with E-state index in [0.29, 0.717) is 58.2 Å². The molecular formula is C41H52N8O3. The molecule has 0 aliphatic rings. The molecule has 0 aromatic heterocycles. The lowest BCUT2D eigenvalue weighted by atomic mass is 9.99. The van der Waals surface area contributed by atoms with Crippen LogP contribution in [0.4, 0.5) is 0 Å². The Kier molecular flexibility index (Phi) is 15.8. The average molecular weight is 705 g/mol. The Hall–Kier alpha value is -5.52. The van der Waals surface area contributed by atoms with Crippen LogP contribution in [0.2, 0.25) is 0 Å². The van der Waals surface area contributed by atoms with E-state index in [0.717, 1.165) is 33.4 Å². The van der Waals surface area contributed by atoms with E-state index >= 15 is 0 Å². The van der Waals surface area contributed by atoms with E-state index in [1.54, 1.807) is 0 Å². The van der Waals surface area contributed by atoms with Crippen molar-refractivity contribution in [3.63, 3.8) is 0 Å². The van der Waals surface area contributed by atoms with Crippen molar-refractivity contribution < 1.29 is 14.4 Å². The van der Waals surface area contributed by atoms with Gasteiger partial charge in [0, 0.05) is 19.5 Å². The second-order valence-corrected chi connectivity index (χ2v) is 12.9. The summed E-state index contributed by atoms with van der Waals surface area (Å²) in [6, 6.07) is 33.2. The molecule has 0 saturated heterocycles. The topological polar surface area (TPSA) is 204 Å². The standard InChI is InChI=1S/C41H52N8O3/c42-24-8-7-15-36(48-38(50)35(43)27-29-16-20-33(21-17-29)31-11-3-1-4-12-31)40(52)49-37(39(51)46-25-9-10-26-47-41(44)45)28-30-18-22-34(23-19-30)32-13-5-2-6-14-32/h1-6,11-14,16-23,35-37H,7-10,15,24-28,42-43H2,(H,46,51)(H,48,50)(H,49,52)(H4,44,45,47)/t35-,36-,37?/m0/s1. The van der Waals surface area contributed by atoms with Crippen LogP contribution in [-0.2, 0) is 27.2 Å². The molecule has 0 radical (unpaired) electrons. The van der Waals surface area contributed by atoms with Crippen molar-refractivity contribution in [1.82, 2.24) is 16.0 Å². The number of guanidine groups is 1. The highest BCUT2D eigenvalue weighted by atomic mass is 16.2. The number of unbranched alkanes of at least 4 members (excludes halogenated alkanes) is 2. The largest absolute Gasteiger partial charge is 0.370 e. The van der Waals surface area contributed by atoms with Gasteiger partial charge in [0.1, 0.15) is 12.1 Å². The Morgan fingerprint density at radius 3 is 1.63 bits per heavy atom. The summed E-state index contributed by atoms with van der Waals surface area (Å²) in [6.45, 7) is 1.29. The predicted octanol–water partition coefficient (Wildman–Crippen LogP) is 3.40. The van der Waals surface area contributed by atoms with Crippen molar-refractivity contribution in [2.75, 3.05) is 19.6 Å². The molecular weight excluding hydrogens is 653 g/mol. The van der Waals surface area contributed by atoms with Crippen LogP contribution >= 0.6 is 0 Å². The molecule has 274 valence electrons. The van der Waals surface area contributed by atoms with Crippen molar-refractivity contribution in [3.8, 4) is 22.3 Å². The van der Waals surface area contributed by atoms with Gasteiger partial charge < -0.3 is 38.9 Å². The van der Waals surface area contributed by atoms with E-state index in [9.17, 15) is 14.4 Å². The highest BCUT2D eigenvalue weighted by Crippen LogP contribution is 2.21. The number of nitrogens with one attached hydrogen (secondary N) is 3. The Morgan fingerprint density at radius 2 is 1.10 bits per heavy atom. The minimum Gasteiger partial charge on any atom is -0.370 e. The number of aliphatic imine (C=N–C) groups is 1. The van der Waals surface area contributed by atoms with Gasteiger partial charge in [0.05, 0.1) is 6.04 Å². The molecule has 0 spiro atoms. The molecule has 4 aromatic rings. The van der Waals surface area contributed by atoms with E-state index in [4.69, 9.17) is 22.9 Å². The van der Waals surface area contributed by atoms with E-state index in [1.165, 1.54) is 0 Å². The number of rotatable bonds is 20. The molecule has 11 N–H and O–H groups in total. The van der Waals surface area contributed by atoms with Crippen molar-refractivity contribution >= 4 is 23.7 Å². The van der Waals surface area contributed by atoms with Crippen LogP contribution in [0.5, 0.6) is 0 Å². The van der Waals surface area contributed by atoms with Crippen LogP contribution < -0.4 is 38.9 Å². The summed E-state index contributed by atoms with van der Waals surface area (Å²) in [5, 5.41) is 8.73. The number of hydrogen-bond acceptors (Lipinski definition) is 6. The number of hydrogen-bond donors (Lipinski definition) is 7. The van der Waals surface area contributed by atoms with Gasteiger partial charge >= 0.3 is 0 Å². The first-order chi connectivity index (χ1) is 25.2. The molecule has 4 aromatic carbocycles. The third kappa shape index (κ3) is 13.0. The molecule has 52 heavy (non-hydrogen) atoms. The Balaban J connectivity index is 1.43. The molecule has 4 rings (SSSR count). The van der Waals surface area contributed by atoms with Crippen molar-refractivity contribution in [1.29, 1.82) is 0 Å². The minimum atomic E-state index is -0.902. The molecule has 0 bridgehead atoms. The first-order valence-corrected chi connectivity index (χ1v) is 17.9. The van der Waals surface area contributed by atoms with E-state index in [1.807, 2.05) is 109 Å². The number of nitrogens with two attached hydrogens (primary N) is 4. The maximum absolute atomic E-state index is 13.8. The van der Waals surface area contributed by atoms with Gasteiger partial charge in [-0.15, -0.1) is 0 Å². The smallest absolute Gasteiger partial charge is 0.243 e. The Bertz CT molecular complexity index is 1710. The fraction of sp³-hybridized carbons (Fsp3) is 0.317. The quantitative estimate of drug-likeness (QED) is 0.0415. The number of nitrogens with zero attached hydrogens (tertiary/aromatic N) is 1. The van der Waals surface area contributed by atoms with E-state index < -0.39 is 29.9 Å². The second-order valence-electron chi connectivity index (χ2n) is 12.9. The van der Waals surface area contributed by atoms with Crippen LogP contribution in [0.15, 0.2) is 114 Å². The molecule has 11 heteroatoms. The van der Waals surface area contributed by atoms with E-state index in [-0.39, 0.29) is 18.3 Å². The summed E-state index contributed by atoms with van der Waals surface area (Å²) >= 11 is 0. The molecule has 0 heterocycles. The monoisotopic (exact) mass is 704 g/mol. The normalized spacial score (nSPS) is 12.6. The lowest BCUT2D eigenvalue weighted by molar-refractivity contribution is -0.132. The van der Waals surface area contributed by atoms with Gasteiger partial charge in [-0.2, -0.15) is 0 Å². The fourth-order valence-corrected chi connectivity index (χ4v) is 5.81. The average Bonchev–Trinajstić information content (AvgIpc) is 3.16. The van der Waals surface area contributed by atoms with Gasteiger partial charge in [-0.3, -0.25) is 19.4 Å². The molecule has 11 nitrogen and oxygen atoms in total. The lowest BCUT2D eigenvalue weighted by Crippen LogP contribution is -2.56. The summed E-state index contributed by atoms with van der Waals surface area (Å²) < 4.78 is 0. The minimum absolute atomic E-state index is 0.0247. The number of carbonyl (C=O) groups is 3. The Morgan fingerprint density at radius 1 is 0.577 bits per heavy atom. The lowest BCUT2D eigenvalue weighted by Gasteiger charge is -2.24. The van der Waals surface area contributed by atoms with Crippen LogP contribution in [-0.4, -0.2) is 61.4 Å². The van der Waals surface area contributed by atoms with Gasteiger partial charge in [0.25, 0.3) is 0 Å². The fourth-order valence-electron chi connectivity index (χ4n) is 5.81. The number of benzene rings is 4. The highest BCUT2D eigenvalue weighted by Gasteiger charge is 2.28. The van der Waals surface area contributed by atoms with Crippen LogP contribution in [0, 0.1) is 0 Å². The predicted molar refractivity (Wildman–Crippen MR) is 209 cm³/mol. The third-order valence-corrected chi connectivity index (χ3v) is 8.75. The SMILES string of the molecule is NCCCC[C@H](NC(=O)[C@@H](N)Cc1ccc(-c2ccccc2)cc1)C(=O)NC(Cc1ccc(-c2ccccc2)cc1)C(=O)NCCCCN=C(N)N. The zero-order valence-electron chi connectivity index (χ0n) is 29.7. The highest BCUT2D eigenvalue weighted by molar-refractivity contribution is 5.93. The maximum atomic E-state index is 13.8. The van der Waals surface area contributed by atoms with Crippen LogP contribution in [0.1, 0.15) is 43.2 Å². The molecule has 1 unspecified atom stereocenters. The van der Waals surface area contributed by atoms with Crippen molar-refractivity contribution in [2.24, 2.45) is 27.9 Å². The molecule has 0 aliphatic heterocycles. The van der Waals surface area contributed by atoms with Gasteiger partial charge in [0.15, 0.2) is 5.96 Å². The number of carbonyl (C=O) groups excluding carboxylic acids is 3. The first-order valence-electron chi connectivity index (χ1n) is 17.9. The zero-order chi connectivity index (χ0) is 37.1. The third-order valence-electron chi connectivity index (χ3n) is 8.75. The molecule has 0 fully saturated rings. The molecule has 3 amide bonds. The van der Waals surface area contributed by atoms with Crippen LogP contribution in [0.3, 0.4) is 0 Å². The second kappa shape index (κ2) is 21.0. The molecule has 0 saturated carbocycles. The van der Waals surface area contributed by atoms with Crippen LogP contribution in [0.25, 0.3) is 22.3 Å². The van der Waals surface area contributed by atoms with Gasteiger partial charge in [0.2, 0.25) is 17.7 Å². The molecule has 3 atom stereocenters. The summed E-state index contributed by atoms with van der Waals surface area (Å²) in [7, 11) is 0. The van der Waals surface area contributed by atoms with E-state index in [2.05, 4.69) is 20.9 Å².